The Morgan fingerprint density at radius 2 is 2.00 bits per heavy atom. The lowest BCUT2D eigenvalue weighted by atomic mass is 10.3. The minimum atomic E-state index is -0.104. The van der Waals surface area contributed by atoms with E-state index in [1.54, 1.807) is 41.5 Å². The van der Waals surface area contributed by atoms with E-state index >= 15 is 0 Å². The van der Waals surface area contributed by atoms with Crippen LogP contribution >= 0.6 is 0 Å². The first-order chi connectivity index (χ1) is 7.86. The Balaban J connectivity index is 2.34. The van der Waals surface area contributed by atoms with Crippen molar-refractivity contribution in [3.8, 4) is 5.95 Å². The van der Waals surface area contributed by atoms with Crippen molar-refractivity contribution in [3.63, 3.8) is 0 Å². The number of hydrogen-bond donors (Lipinski definition) is 1. The van der Waals surface area contributed by atoms with Gasteiger partial charge in [0.1, 0.15) is 0 Å². The number of hydrogen-bond acceptors (Lipinski definition) is 3. The van der Waals surface area contributed by atoms with Crippen LogP contribution in [0.25, 0.3) is 16.9 Å². The molecule has 0 saturated heterocycles. The molecule has 0 aromatic carbocycles. The summed E-state index contributed by atoms with van der Waals surface area (Å²) in [6.07, 6.45) is 6.74. The van der Waals surface area contributed by atoms with Crippen LogP contribution in [0, 0.1) is 0 Å². The highest BCUT2D eigenvalue weighted by molar-refractivity contribution is 5.80. The molecule has 3 aromatic rings. The number of fused-ring (bicyclic) bond motifs is 1. The van der Waals surface area contributed by atoms with E-state index in [-0.39, 0.29) is 5.56 Å². The molecule has 78 valence electrons. The van der Waals surface area contributed by atoms with Crippen LogP contribution in [0.4, 0.5) is 0 Å². The van der Waals surface area contributed by atoms with E-state index < -0.39 is 0 Å². The summed E-state index contributed by atoms with van der Waals surface area (Å²) in [6.45, 7) is 0. The molecule has 0 fully saturated rings. The van der Waals surface area contributed by atoms with Crippen LogP contribution in [-0.2, 0) is 0 Å². The second-order valence-electron chi connectivity index (χ2n) is 3.34. The van der Waals surface area contributed by atoms with E-state index in [0.717, 1.165) is 5.52 Å². The standard InChI is InChI=1S/C11H8N4O/c16-10-8-3-7-15(9(8)2-6-12-10)11-13-4-1-5-14-11/h1-7H,(H,12,16). The Hall–Kier alpha value is -2.43. The molecule has 3 aromatic heterocycles. The zero-order valence-corrected chi connectivity index (χ0v) is 8.29. The molecular formula is C11H8N4O. The van der Waals surface area contributed by atoms with Gasteiger partial charge in [0.25, 0.3) is 5.56 Å². The fourth-order valence-electron chi connectivity index (χ4n) is 1.67. The van der Waals surface area contributed by atoms with Crippen molar-refractivity contribution in [2.75, 3.05) is 0 Å². The lowest BCUT2D eigenvalue weighted by Gasteiger charge is -2.01. The predicted molar refractivity (Wildman–Crippen MR) is 59.5 cm³/mol. The topological polar surface area (TPSA) is 63.6 Å². The molecule has 16 heavy (non-hydrogen) atoms. The summed E-state index contributed by atoms with van der Waals surface area (Å²) in [5.41, 5.74) is 0.696. The molecule has 0 aliphatic heterocycles. The van der Waals surface area contributed by atoms with Gasteiger partial charge < -0.3 is 4.98 Å². The van der Waals surface area contributed by atoms with E-state index in [2.05, 4.69) is 15.0 Å². The Kier molecular flexibility index (Phi) is 1.83. The first kappa shape index (κ1) is 8.84. The molecule has 0 aliphatic carbocycles. The maximum atomic E-state index is 11.5. The number of nitrogens with one attached hydrogen (secondary N) is 1. The molecule has 5 heteroatoms. The third-order valence-corrected chi connectivity index (χ3v) is 2.39. The average molecular weight is 212 g/mol. The maximum absolute atomic E-state index is 11.5. The van der Waals surface area contributed by atoms with Gasteiger partial charge >= 0.3 is 0 Å². The van der Waals surface area contributed by atoms with Gasteiger partial charge in [-0.3, -0.25) is 9.36 Å². The van der Waals surface area contributed by atoms with Crippen molar-refractivity contribution < 1.29 is 0 Å². The first-order valence-corrected chi connectivity index (χ1v) is 4.82. The molecule has 0 saturated carbocycles. The van der Waals surface area contributed by atoms with Crippen molar-refractivity contribution in [1.82, 2.24) is 19.5 Å². The smallest absolute Gasteiger partial charge is 0.257 e. The molecule has 0 atom stereocenters. The SMILES string of the molecule is O=c1[nH]ccc2c1ccn2-c1ncccn1. The van der Waals surface area contributed by atoms with Crippen LogP contribution in [0.15, 0.2) is 47.8 Å². The summed E-state index contributed by atoms with van der Waals surface area (Å²) < 4.78 is 1.78. The minimum absolute atomic E-state index is 0.104. The summed E-state index contributed by atoms with van der Waals surface area (Å²) >= 11 is 0. The Bertz CT molecular complexity index is 684. The fraction of sp³-hybridized carbons (Fsp3) is 0. The molecule has 0 aliphatic rings. The quantitative estimate of drug-likeness (QED) is 0.657. The molecule has 0 radical (unpaired) electrons. The lowest BCUT2D eigenvalue weighted by molar-refractivity contribution is 0.961. The molecule has 0 spiro atoms. The second-order valence-corrected chi connectivity index (χ2v) is 3.34. The van der Waals surface area contributed by atoms with Crippen molar-refractivity contribution in [1.29, 1.82) is 0 Å². The van der Waals surface area contributed by atoms with Gasteiger partial charge in [-0.25, -0.2) is 9.97 Å². The van der Waals surface area contributed by atoms with Crippen LogP contribution < -0.4 is 5.56 Å². The van der Waals surface area contributed by atoms with E-state index in [0.29, 0.717) is 11.3 Å². The number of nitrogens with zero attached hydrogens (tertiary/aromatic N) is 3. The summed E-state index contributed by atoms with van der Waals surface area (Å²) in [7, 11) is 0. The molecule has 3 rings (SSSR count). The van der Waals surface area contributed by atoms with Gasteiger partial charge in [-0.2, -0.15) is 0 Å². The monoisotopic (exact) mass is 212 g/mol. The largest absolute Gasteiger partial charge is 0.328 e. The molecule has 1 N–H and O–H groups in total. The highest BCUT2D eigenvalue weighted by atomic mass is 16.1. The number of H-pyrrole nitrogens is 1. The third kappa shape index (κ3) is 1.22. The van der Waals surface area contributed by atoms with Crippen molar-refractivity contribution in [2.24, 2.45) is 0 Å². The van der Waals surface area contributed by atoms with Gasteiger partial charge in [-0.05, 0) is 18.2 Å². The van der Waals surface area contributed by atoms with E-state index in [1.807, 2.05) is 6.07 Å². The van der Waals surface area contributed by atoms with Crippen LogP contribution in [0.2, 0.25) is 0 Å². The number of aromatic amines is 1. The molecule has 0 bridgehead atoms. The first-order valence-electron chi connectivity index (χ1n) is 4.82. The van der Waals surface area contributed by atoms with E-state index in [9.17, 15) is 4.79 Å². The zero-order valence-electron chi connectivity index (χ0n) is 8.29. The molecule has 5 nitrogen and oxygen atoms in total. The van der Waals surface area contributed by atoms with Gasteiger partial charge in [0.2, 0.25) is 5.95 Å². The Morgan fingerprint density at radius 3 is 2.81 bits per heavy atom. The normalized spacial score (nSPS) is 10.8. The summed E-state index contributed by atoms with van der Waals surface area (Å²) in [4.78, 5) is 22.4. The van der Waals surface area contributed by atoms with E-state index in [1.165, 1.54) is 0 Å². The fourth-order valence-corrected chi connectivity index (χ4v) is 1.67. The van der Waals surface area contributed by atoms with Gasteiger partial charge in [0, 0.05) is 24.8 Å². The van der Waals surface area contributed by atoms with E-state index in [4.69, 9.17) is 0 Å². The van der Waals surface area contributed by atoms with Gasteiger partial charge in [0.15, 0.2) is 0 Å². The molecule has 3 heterocycles. The second kappa shape index (κ2) is 3.30. The Morgan fingerprint density at radius 1 is 1.19 bits per heavy atom. The molecule has 0 amide bonds. The summed E-state index contributed by atoms with van der Waals surface area (Å²) in [6, 6.07) is 5.33. The van der Waals surface area contributed by atoms with Crippen molar-refractivity contribution in [2.45, 2.75) is 0 Å². The highest BCUT2D eigenvalue weighted by Gasteiger charge is 2.06. The van der Waals surface area contributed by atoms with Crippen LogP contribution in [0.1, 0.15) is 0 Å². The summed E-state index contributed by atoms with van der Waals surface area (Å²) in [5, 5.41) is 0.634. The molecular weight excluding hydrogens is 204 g/mol. The van der Waals surface area contributed by atoms with Crippen molar-refractivity contribution in [3.05, 3.63) is 53.3 Å². The van der Waals surface area contributed by atoms with Crippen molar-refractivity contribution >= 4 is 10.9 Å². The number of rotatable bonds is 1. The number of pyridine rings is 1. The van der Waals surface area contributed by atoms with Crippen LogP contribution in [0.3, 0.4) is 0 Å². The third-order valence-electron chi connectivity index (χ3n) is 2.39. The van der Waals surface area contributed by atoms with Gasteiger partial charge in [0.05, 0.1) is 10.9 Å². The lowest BCUT2D eigenvalue weighted by Crippen LogP contribution is -2.05. The van der Waals surface area contributed by atoms with Gasteiger partial charge in [-0.1, -0.05) is 0 Å². The Labute approximate surface area is 90.4 Å². The number of aromatic nitrogens is 4. The summed E-state index contributed by atoms with van der Waals surface area (Å²) in [5.74, 6) is 0.558. The predicted octanol–water partition coefficient (Wildman–Crippen LogP) is 1.11. The van der Waals surface area contributed by atoms with Crippen LogP contribution in [-0.4, -0.2) is 19.5 Å². The molecule has 0 unspecified atom stereocenters. The minimum Gasteiger partial charge on any atom is -0.328 e. The van der Waals surface area contributed by atoms with Crippen LogP contribution in [0.5, 0.6) is 0 Å². The highest BCUT2D eigenvalue weighted by Crippen LogP contribution is 2.13. The maximum Gasteiger partial charge on any atom is 0.257 e. The average Bonchev–Trinajstić information content (AvgIpc) is 2.75. The van der Waals surface area contributed by atoms with Gasteiger partial charge in [-0.15, -0.1) is 0 Å². The zero-order chi connectivity index (χ0) is 11.0.